The van der Waals surface area contributed by atoms with Gasteiger partial charge < -0.3 is 4.74 Å². The van der Waals surface area contributed by atoms with Gasteiger partial charge in [0.1, 0.15) is 11.9 Å². The van der Waals surface area contributed by atoms with Crippen molar-refractivity contribution < 1.29 is 13.9 Å². The van der Waals surface area contributed by atoms with Gasteiger partial charge in [-0.05, 0) is 72.6 Å². The number of hydrogen-bond donors (Lipinski definition) is 0. The molecule has 0 heterocycles. The molecule has 0 N–H and O–H groups in total. The molecular formula is C24H25FO2. The largest absolute Gasteiger partial charge is 0.462 e. The highest BCUT2D eigenvalue weighted by Crippen LogP contribution is 2.46. The average molecular weight is 364 g/mol. The number of aryl methyl sites for hydroxylation is 2. The van der Waals surface area contributed by atoms with Crippen molar-refractivity contribution >= 4 is 5.97 Å². The minimum absolute atomic E-state index is 0.118. The maximum atomic E-state index is 13.2. The molecule has 140 valence electrons. The lowest BCUT2D eigenvalue weighted by atomic mass is 9.80. The zero-order chi connectivity index (χ0) is 19.6. The first kappa shape index (κ1) is 19.2. The van der Waals surface area contributed by atoms with Crippen LogP contribution in [-0.4, -0.2) is 12.1 Å². The summed E-state index contributed by atoms with van der Waals surface area (Å²) in [5.74, 6) is 2.73. The van der Waals surface area contributed by atoms with Gasteiger partial charge in [-0.2, -0.15) is 0 Å². The van der Waals surface area contributed by atoms with Crippen LogP contribution in [0.25, 0.3) is 11.1 Å². The summed E-state index contributed by atoms with van der Waals surface area (Å²) in [6.45, 7) is 5.64. The Hall–Kier alpha value is -2.60. The van der Waals surface area contributed by atoms with E-state index in [2.05, 4.69) is 31.9 Å². The van der Waals surface area contributed by atoms with E-state index in [1.54, 1.807) is 12.1 Å². The number of benzene rings is 2. The molecule has 0 aliphatic heterocycles. The first-order chi connectivity index (χ1) is 12.9. The van der Waals surface area contributed by atoms with Gasteiger partial charge in [-0.1, -0.05) is 24.3 Å². The van der Waals surface area contributed by atoms with Crippen molar-refractivity contribution in [1.82, 2.24) is 0 Å². The first-order valence-corrected chi connectivity index (χ1v) is 9.38. The lowest BCUT2D eigenvalue weighted by molar-refractivity contribution is -0.146. The predicted octanol–water partition coefficient (Wildman–Crippen LogP) is 5.56. The summed E-state index contributed by atoms with van der Waals surface area (Å²) in [6.07, 6.45) is 7.95. The molecule has 2 aromatic carbocycles. The molecule has 27 heavy (non-hydrogen) atoms. The number of carbonyl (C=O) groups is 1. The minimum Gasteiger partial charge on any atom is -0.462 e. The van der Waals surface area contributed by atoms with Crippen molar-refractivity contribution in [3.8, 4) is 23.5 Å². The molecule has 1 aliphatic carbocycles. The normalized spacial score (nSPS) is 21.7. The highest BCUT2D eigenvalue weighted by Gasteiger charge is 2.40. The second-order valence-electron chi connectivity index (χ2n) is 7.45. The van der Waals surface area contributed by atoms with Crippen molar-refractivity contribution in [2.45, 2.75) is 52.1 Å². The number of ether oxygens (including phenoxy) is 1. The summed E-state index contributed by atoms with van der Waals surface area (Å²) in [6, 6.07) is 10.8. The molecule has 2 nitrogen and oxygen atoms in total. The fourth-order valence-corrected chi connectivity index (χ4v) is 4.50. The Balaban J connectivity index is 2.02. The zero-order valence-corrected chi connectivity index (χ0v) is 16.1. The van der Waals surface area contributed by atoms with E-state index in [0.29, 0.717) is 12.3 Å². The van der Waals surface area contributed by atoms with E-state index in [9.17, 15) is 9.18 Å². The standard InChI is InChI=1S/C24H25FO2/c1-5-6-19-9-12-22(27-17(4)26)24(19)23-15(2)13-20(14-16(23)3)18-7-10-21(25)11-8-18/h1,7-8,10-11,13-14,19,22,24H,6,9,12H2,2-4H3. The molecular weight excluding hydrogens is 339 g/mol. The molecule has 3 rings (SSSR count). The first-order valence-electron chi connectivity index (χ1n) is 9.38. The van der Waals surface area contributed by atoms with Crippen LogP contribution in [0.5, 0.6) is 0 Å². The van der Waals surface area contributed by atoms with Crippen molar-refractivity contribution in [2.75, 3.05) is 0 Å². The van der Waals surface area contributed by atoms with Crippen LogP contribution in [0, 0.1) is 37.9 Å². The minimum atomic E-state index is -0.246. The van der Waals surface area contributed by atoms with Gasteiger partial charge in [-0.15, -0.1) is 12.3 Å². The Morgan fingerprint density at radius 2 is 1.78 bits per heavy atom. The van der Waals surface area contributed by atoms with Gasteiger partial charge in [0.2, 0.25) is 0 Å². The van der Waals surface area contributed by atoms with Crippen molar-refractivity contribution in [1.29, 1.82) is 0 Å². The van der Waals surface area contributed by atoms with Crippen molar-refractivity contribution in [3.63, 3.8) is 0 Å². The van der Waals surface area contributed by atoms with Gasteiger partial charge in [-0.25, -0.2) is 4.39 Å². The SMILES string of the molecule is C#CCC1CCC(OC(C)=O)C1c1c(C)cc(-c2ccc(F)cc2)cc1C. The van der Waals surface area contributed by atoms with Crippen LogP contribution in [0.2, 0.25) is 0 Å². The fraction of sp³-hybridized carbons (Fsp3) is 0.375. The lowest BCUT2D eigenvalue weighted by Crippen LogP contribution is -2.24. The smallest absolute Gasteiger partial charge is 0.302 e. The van der Waals surface area contributed by atoms with Gasteiger partial charge in [0, 0.05) is 19.3 Å². The number of carbonyl (C=O) groups excluding carboxylic acids is 1. The third-order valence-corrected chi connectivity index (χ3v) is 5.53. The molecule has 0 amide bonds. The number of rotatable bonds is 4. The summed E-state index contributed by atoms with van der Waals surface area (Å²) >= 11 is 0. The molecule has 0 aromatic heterocycles. The van der Waals surface area contributed by atoms with Crippen molar-refractivity contribution in [2.24, 2.45) is 5.92 Å². The summed E-state index contributed by atoms with van der Waals surface area (Å²) < 4.78 is 18.9. The topological polar surface area (TPSA) is 26.3 Å². The van der Waals surface area contributed by atoms with Crippen molar-refractivity contribution in [3.05, 3.63) is 58.9 Å². The fourth-order valence-electron chi connectivity index (χ4n) is 4.50. The van der Waals surface area contributed by atoms with Crippen LogP contribution in [-0.2, 0) is 9.53 Å². The van der Waals surface area contributed by atoms with Gasteiger partial charge in [0.15, 0.2) is 0 Å². The number of terminal acetylenes is 1. The summed E-state index contributed by atoms with van der Waals surface area (Å²) in [4.78, 5) is 11.6. The van der Waals surface area contributed by atoms with E-state index >= 15 is 0 Å². The molecule has 0 saturated heterocycles. The quantitative estimate of drug-likeness (QED) is 0.524. The molecule has 3 heteroatoms. The number of hydrogen-bond acceptors (Lipinski definition) is 2. The monoisotopic (exact) mass is 364 g/mol. The molecule has 3 unspecified atom stereocenters. The second-order valence-corrected chi connectivity index (χ2v) is 7.45. The molecule has 1 aliphatic rings. The van der Waals surface area contributed by atoms with E-state index in [4.69, 9.17) is 11.2 Å². The predicted molar refractivity (Wildman–Crippen MR) is 106 cm³/mol. The summed E-state index contributed by atoms with van der Waals surface area (Å²) in [5, 5.41) is 0. The molecule has 2 aromatic rings. The average Bonchev–Trinajstić information content (AvgIpc) is 2.97. The van der Waals surface area contributed by atoms with E-state index in [1.807, 2.05) is 0 Å². The molecule has 1 saturated carbocycles. The zero-order valence-electron chi connectivity index (χ0n) is 16.1. The Kier molecular flexibility index (Phi) is 5.65. The maximum Gasteiger partial charge on any atom is 0.302 e. The maximum absolute atomic E-state index is 13.2. The van der Waals surface area contributed by atoms with Crippen LogP contribution < -0.4 is 0 Å². The number of halogens is 1. The second kappa shape index (κ2) is 7.96. The Morgan fingerprint density at radius 1 is 1.15 bits per heavy atom. The van der Waals surface area contributed by atoms with Crippen LogP contribution in [0.1, 0.15) is 48.8 Å². The third-order valence-electron chi connectivity index (χ3n) is 5.53. The van der Waals surface area contributed by atoms with Crippen LogP contribution in [0.3, 0.4) is 0 Å². The van der Waals surface area contributed by atoms with Gasteiger partial charge in [-0.3, -0.25) is 4.79 Å². The summed E-state index contributed by atoms with van der Waals surface area (Å²) in [5.41, 5.74) is 5.58. The molecule has 0 bridgehead atoms. The van der Waals surface area contributed by atoms with E-state index in [1.165, 1.54) is 24.6 Å². The van der Waals surface area contributed by atoms with Gasteiger partial charge in [0.05, 0.1) is 0 Å². The van der Waals surface area contributed by atoms with Gasteiger partial charge >= 0.3 is 5.97 Å². The van der Waals surface area contributed by atoms with Crippen LogP contribution >= 0.6 is 0 Å². The Morgan fingerprint density at radius 3 is 2.33 bits per heavy atom. The highest BCUT2D eigenvalue weighted by atomic mass is 19.1. The third kappa shape index (κ3) is 4.06. The lowest BCUT2D eigenvalue weighted by Gasteiger charge is -2.28. The molecule has 0 spiro atoms. The molecule has 0 radical (unpaired) electrons. The van der Waals surface area contributed by atoms with E-state index < -0.39 is 0 Å². The van der Waals surface area contributed by atoms with E-state index in [-0.39, 0.29) is 23.8 Å². The summed E-state index contributed by atoms with van der Waals surface area (Å²) in [7, 11) is 0. The van der Waals surface area contributed by atoms with Crippen LogP contribution in [0.4, 0.5) is 4.39 Å². The highest BCUT2D eigenvalue weighted by molar-refractivity contribution is 5.68. The Bertz CT molecular complexity index is 853. The molecule has 3 atom stereocenters. The Labute approximate surface area is 160 Å². The van der Waals surface area contributed by atoms with Gasteiger partial charge in [0.25, 0.3) is 0 Å². The van der Waals surface area contributed by atoms with Crippen LogP contribution in [0.15, 0.2) is 36.4 Å². The number of esters is 1. The van der Waals surface area contributed by atoms with E-state index in [0.717, 1.165) is 35.1 Å². The molecule has 1 fully saturated rings.